The quantitative estimate of drug-likeness (QED) is 0.601. The van der Waals surface area contributed by atoms with Gasteiger partial charge in [-0.15, -0.1) is 5.10 Å². The van der Waals surface area contributed by atoms with Crippen LogP contribution in [0.15, 0.2) is 59.8 Å². The van der Waals surface area contributed by atoms with Gasteiger partial charge in [-0.1, -0.05) is 18.2 Å². The molecule has 0 saturated heterocycles. The van der Waals surface area contributed by atoms with Crippen LogP contribution in [0.2, 0.25) is 0 Å². The van der Waals surface area contributed by atoms with Crippen molar-refractivity contribution in [2.45, 2.75) is 11.3 Å². The summed E-state index contributed by atoms with van der Waals surface area (Å²) in [5.41, 5.74) is 1.88. The normalized spacial score (nSPS) is 11.3. The van der Waals surface area contributed by atoms with Crippen molar-refractivity contribution in [2.24, 2.45) is 0 Å². The molecule has 0 amide bonds. The first kappa shape index (κ1) is 18.7. The van der Waals surface area contributed by atoms with E-state index in [4.69, 9.17) is 0 Å². The lowest BCUT2D eigenvalue weighted by molar-refractivity contribution is 0.0600. The van der Waals surface area contributed by atoms with Crippen LogP contribution in [0.5, 0.6) is 0 Å². The van der Waals surface area contributed by atoms with Crippen molar-refractivity contribution >= 4 is 16.0 Å². The van der Waals surface area contributed by atoms with Crippen molar-refractivity contribution in [2.75, 3.05) is 13.7 Å². The maximum absolute atomic E-state index is 12.5. The highest BCUT2D eigenvalue weighted by atomic mass is 32.2. The lowest BCUT2D eigenvalue weighted by Crippen LogP contribution is -2.26. The first-order valence-electron chi connectivity index (χ1n) is 8.00. The van der Waals surface area contributed by atoms with E-state index in [1.807, 2.05) is 0 Å². The largest absolute Gasteiger partial charge is 0.465 e. The van der Waals surface area contributed by atoms with E-state index in [0.717, 1.165) is 5.56 Å². The van der Waals surface area contributed by atoms with E-state index in [0.29, 0.717) is 17.7 Å². The third kappa shape index (κ3) is 4.54. The highest BCUT2D eigenvalue weighted by Gasteiger charge is 2.14. The zero-order valence-corrected chi connectivity index (χ0v) is 15.3. The fourth-order valence-electron chi connectivity index (χ4n) is 2.41. The zero-order valence-electron chi connectivity index (χ0n) is 14.4. The molecule has 1 N–H and O–H groups in total. The van der Waals surface area contributed by atoms with Crippen molar-refractivity contribution in [3.8, 4) is 5.69 Å². The summed E-state index contributed by atoms with van der Waals surface area (Å²) in [7, 11) is -2.36. The Labute approximate surface area is 156 Å². The fraction of sp³-hybridized carbons (Fsp3) is 0.176. The van der Waals surface area contributed by atoms with Gasteiger partial charge in [-0.2, -0.15) is 0 Å². The van der Waals surface area contributed by atoms with Gasteiger partial charge in [0.1, 0.15) is 6.33 Å². The number of hydrogen-bond acceptors (Lipinski definition) is 7. The maximum atomic E-state index is 12.5. The second-order valence-electron chi connectivity index (χ2n) is 5.59. The Kier molecular flexibility index (Phi) is 5.57. The second-order valence-corrected chi connectivity index (χ2v) is 7.35. The summed E-state index contributed by atoms with van der Waals surface area (Å²) in [5.74, 6) is -0.412. The van der Waals surface area contributed by atoms with Crippen LogP contribution >= 0.6 is 0 Å². The zero-order chi connectivity index (χ0) is 19.3. The number of rotatable bonds is 7. The Morgan fingerprint density at radius 2 is 1.96 bits per heavy atom. The fourth-order valence-corrected chi connectivity index (χ4v) is 3.48. The predicted molar refractivity (Wildman–Crippen MR) is 95.8 cm³/mol. The second kappa shape index (κ2) is 8.06. The van der Waals surface area contributed by atoms with Gasteiger partial charge < -0.3 is 4.74 Å². The summed E-state index contributed by atoms with van der Waals surface area (Å²) < 4.78 is 33.6. The van der Waals surface area contributed by atoms with Crippen molar-refractivity contribution in [3.05, 3.63) is 66.0 Å². The molecule has 0 spiro atoms. The number of esters is 1. The molecule has 2 aromatic carbocycles. The van der Waals surface area contributed by atoms with Crippen molar-refractivity contribution < 1.29 is 17.9 Å². The Morgan fingerprint density at radius 1 is 1.19 bits per heavy atom. The van der Waals surface area contributed by atoms with Gasteiger partial charge in [0.2, 0.25) is 10.0 Å². The number of benzene rings is 2. The Hall–Kier alpha value is -3.11. The first-order chi connectivity index (χ1) is 13.0. The SMILES string of the molecule is COC(=O)c1ccc(CCNS(=O)(=O)c2cccc(-n3cnnn3)c2)cc1. The minimum atomic E-state index is -3.68. The van der Waals surface area contributed by atoms with E-state index in [-0.39, 0.29) is 11.4 Å². The van der Waals surface area contributed by atoms with Crippen LogP contribution in [0.1, 0.15) is 15.9 Å². The number of nitrogens with zero attached hydrogens (tertiary/aromatic N) is 4. The number of nitrogens with one attached hydrogen (secondary N) is 1. The molecule has 3 aromatic rings. The minimum absolute atomic E-state index is 0.122. The molecule has 0 aliphatic heterocycles. The number of sulfonamides is 1. The standard InChI is InChI=1S/C17H17N5O4S/c1-26-17(23)14-7-5-13(6-8-14)9-10-19-27(24,25)16-4-2-3-15(11-16)22-12-18-20-21-22/h2-8,11-12,19H,9-10H2,1H3. The summed E-state index contributed by atoms with van der Waals surface area (Å²) in [5, 5.41) is 10.8. The number of ether oxygens (including phenoxy) is 1. The number of methoxy groups -OCH3 is 1. The van der Waals surface area contributed by atoms with Crippen molar-refractivity contribution in [1.82, 2.24) is 24.9 Å². The van der Waals surface area contributed by atoms with Crippen LogP contribution in [-0.2, 0) is 21.2 Å². The summed E-state index contributed by atoms with van der Waals surface area (Å²) in [4.78, 5) is 11.5. The van der Waals surface area contributed by atoms with E-state index in [1.54, 1.807) is 36.4 Å². The van der Waals surface area contributed by atoms with E-state index in [2.05, 4.69) is 25.0 Å². The molecular weight excluding hydrogens is 370 g/mol. The average molecular weight is 387 g/mol. The van der Waals surface area contributed by atoms with Gasteiger partial charge >= 0.3 is 5.97 Å². The molecule has 0 aliphatic carbocycles. The number of tetrazole rings is 1. The first-order valence-corrected chi connectivity index (χ1v) is 9.48. The average Bonchev–Trinajstić information content (AvgIpc) is 3.23. The Morgan fingerprint density at radius 3 is 2.63 bits per heavy atom. The molecule has 0 unspecified atom stereocenters. The molecule has 140 valence electrons. The van der Waals surface area contributed by atoms with Crippen LogP contribution in [-0.4, -0.2) is 48.2 Å². The molecule has 1 heterocycles. The molecule has 0 fully saturated rings. The molecule has 0 bridgehead atoms. The molecule has 0 radical (unpaired) electrons. The number of hydrogen-bond donors (Lipinski definition) is 1. The van der Waals surface area contributed by atoms with Gasteiger partial charge in [0, 0.05) is 6.54 Å². The number of aromatic nitrogens is 4. The van der Waals surface area contributed by atoms with Crippen LogP contribution in [0, 0.1) is 0 Å². The predicted octanol–water partition coefficient (Wildman–Crippen LogP) is 0.970. The summed E-state index contributed by atoms with van der Waals surface area (Å²) in [6.45, 7) is 0.217. The van der Waals surface area contributed by atoms with E-state index in [9.17, 15) is 13.2 Å². The highest BCUT2D eigenvalue weighted by Crippen LogP contribution is 2.14. The van der Waals surface area contributed by atoms with Gasteiger partial charge in [0.15, 0.2) is 0 Å². The third-order valence-electron chi connectivity index (χ3n) is 3.82. The third-order valence-corrected chi connectivity index (χ3v) is 5.28. The van der Waals surface area contributed by atoms with Gasteiger partial charge in [0.25, 0.3) is 0 Å². The topological polar surface area (TPSA) is 116 Å². The lowest BCUT2D eigenvalue weighted by Gasteiger charge is -2.08. The lowest BCUT2D eigenvalue weighted by atomic mass is 10.1. The van der Waals surface area contributed by atoms with Crippen LogP contribution < -0.4 is 4.72 Å². The van der Waals surface area contributed by atoms with Crippen LogP contribution in [0.3, 0.4) is 0 Å². The Bertz CT molecular complexity index is 1020. The van der Waals surface area contributed by atoms with Gasteiger partial charge in [0.05, 0.1) is 23.3 Å². The van der Waals surface area contributed by atoms with Gasteiger partial charge in [-0.05, 0) is 52.7 Å². The molecular formula is C17H17N5O4S. The molecule has 27 heavy (non-hydrogen) atoms. The number of carbonyl (C=O) groups is 1. The minimum Gasteiger partial charge on any atom is -0.465 e. The highest BCUT2D eigenvalue weighted by molar-refractivity contribution is 7.89. The maximum Gasteiger partial charge on any atom is 0.337 e. The molecule has 1 aromatic heterocycles. The van der Waals surface area contributed by atoms with E-state index >= 15 is 0 Å². The van der Waals surface area contributed by atoms with Gasteiger partial charge in [-0.25, -0.2) is 22.6 Å². The summed E-state index contributed by atoms with van der Waals surface area (Å²) in [6, 6.07) is 13.1. The molecule has 0 saturated carbocycles. The monoisotopic (exact) mass is 387 g/mol. The molecule has 0 aliphatic rings. The van der Waals surface area contributed by atoms with Crippen molar-refractivity contribution in [3.63, 3.8) is 0 Å². The van der Waals surface area contributed by atoms with Gasteiger partial charge in [-0.3, -0.25) is 0 Å². The summed E-state index contributed by atoms with van der Waals surface area (Å²) in [6.07, 6.45) is 1.87. The van der Waals surface area contributed by atoms with E-state index in [1.165, 1.54) is 30.3 Å². The van der Waals surface area contributed by atoms with Crippen molar-refractivity contribution in [1.29, 1.82) is 0 Å². The van der Waals surface area contributed by atoms with E-state index < -0.39 is 16.0 Å². The van der Waals surface area contributed by atoms with Crippen LogP contribution in [0.25, 0.3) is 5.69 Å². The Balaban J connectivity index is 1.64. The van der Waals surface area contributed by atoms with Crippen LogP contribution in [0.4, 0.5) is 0 Å². The summed E-state index contributed by atoms with van der Waals surface area (Å²) >= 11 is 0. The molecule has 0 atom stereocenters. The smallest absolute Gasteiger partial charge is 0.337 e. The molecule has 9 nitrogen and oxygen atoms in total. The molecule has 3 rings (SSSR count). The molecule has 10 heteroatoms. The number of carbonyl (C=O) groups excluding carboxylic acids is 1.